The van der Waals surface area contributed by atoms with E-state index < -0.39 is 23.8 Å². The summed E-state index contributed by atoms with van der Waals surface area (Å²) in [5, 5.41) is 3.50. The van der Waals surface area contributed by atoms with Gasteiger partial charge in [-0.05, 0) is 67.2 Å². The molecule has 1 aliphatic rings. The average molecular weight is 572 g/mol. The maximum Gasteiger partial charge on any atom is 0.273 e. The molecule has 0 aliphatic heterocycles. The molecule has 206 valence electrons. The van der Waals surface area contributed by atoms with Crippen molar-refractivity contribution in [1.29, 1.82) is 0 Å². The van der Waals surface area contributed by atoms with Crippen molar-refractivity contribution in [2.75, 3.05) is 24.9 Å². The van der Waals surface area contributed by atoms with Crippen molar-refractivity contribution in [3.63, 3.8) is 0 Å². The summed E-state index contributed by atoms with van der Waals surface area (Å²) in [6.07, 6.45) is 3.67. The van der Waals surface area contributed by atoms with E-state index in [1.54, 1.807) is 36.4 Å². The number of nitrogens with zero attached hydrogens (tertiary/aromatic N) is 2. The Hall–Kier alpha value is -3.83. The number of halogens is 1. The molecule has 2 aromatic carbocycles. The van der Waals surface area contributed by atoms with Gasteiger partial charge in [-0.2, -0.15) is 4.37 Å². The Morgan fingerprint density at radius 2 is 1.85 bits per heavy atom. The normalized spacial score (nSPS) is 14.1. The summed E-state index contributed by atoms with van der Waals surface area (Å²) in [6, 6.07) is 8.79. The van der Waals surface area contributed by atoms with Crippen molar-refractivity contribution in [1.82, 2.24) is 9.69 Å². The van der Waals surface area contributed by atoms with Crippen LogP contribution >= 0.6 is 23.1 Å². The van der Waals surface area contributed by atoms with Crippen LogP contribution in [0.1, 0.15) is 63.0 Å². The third-order valence-corrected chi connectivity index (χ3v) is 8.01. The number of rotatable bonds is 9. The summed E-state index contributed by atoms with van der Waals surface area (Å²) in [7, 11) is 2.98. The highest BCUT2D eigenvalue weighted by Gasteiger charge is 2.39. The highest BCUT2D eigenvalue weighted by molar-refractivity contribution is 7.09. The number of methoxy groups -OCH3 is 2. The van der Waals surface area contributed by atoms with Gasteiger partial charge >= 0.3 is 0 Å². The van der Waals surface area contributed by atoms with Gasteiger partial charge in [0.1, 0.15) is 22.4 Å². The minimum atomic E-state index is -1.22. The van der Waals surface area contributed by atoms with Gasteiger partial charge in [-0.15, -0.1) is 0 Å². The minimum Gasteiger partial charge on any atom is -0.497 e. The quantitative estimate of drug-likeness (QED) is 0.347. The van der Waals surface area contributed by atoms with Crippen LogP contribution < -0.4 is 31.2 Å². The summed E-state index contributed by atoms with van der Waals surface area (Å²) in [5.41, 5.74) is 12.7. The standard InChI is InChI=1S/C27H30ClN5O5S/c1-14-8-9-16(12-19(14)28)33(27(36)24-21(29)22(25(30)34)32-39-24)23(26(35)31-15-6-4-5-7-15)18-13-17(37-2)10-11-20(18)38-3/h8-13,15,23H,4-7,29H2,1-3H3,(H2,30,34)(H,31,35)/t23-/m0/s1. The number of nitrogens with one attached hydrogen (secondary N) is 1. The molecular weight excluding hydrogens is 542 g/mol. The van der Waals surface area contributed by atoms with Crippen LogP contribution in [0.5, 0.6) is 11.5 Å². The predicted octanol–water partition coefficient (Wildman–Crippen LogP) is 4.25. The van der Waals surface area contributed by atoms with E-state index in [-0.39, 0.29) is 22.3 Å². The first-order valence-corrected chi connectivity index (χ1v) is 13.5. The third kappa shape index (κ3) is 5.79. The molecule has 0 spiro atoms. The lowest BCUT2D eigenvalue weighted by atomic mass is 10.00. The molecule has 1 atom stereocenters. The Morgan fingerprint density at radius 1 is 1.13 bits per heavy atom. The zero-order valence-electron chi connectivity index (χ0n) is 21.8. The molecule has 4 rings (SSSR count). The third-order valence-electron chi connectivity index (χ3n) is 6.75. The Labute approximate surface area is 235 Å². The second kappa shape index (κ2) is 11.9. The van der Waals surface area contributed by atoms with Crippen LogP contribution in [0.25, 0.3) is 0 Å². The Balaban J connectivity index is 1.95. The summed E-state index contributed by atoms with van der Waals surface area (Å²) in [6.45, 7) is 1.83. The van der Waals surface area contributed by atoms with Crippen LogP contribution in [0, 0.1) is 6.92 Å². The molecule has 5 N–H and O–H groups in total. The second-order valence-corrected chi connectivity index (χ2v) is 10.4. The molecule has 0 saturated heterocycles. The number of carbonyl (C=O) groups is 3. The molecule has 39 heavy (non-hydrogen) atoms. The van der Waals surface area contributed by atoms with E-state index in [1.165, 1.54) is 19.1 Å². The fourth-order valence-electron chi connectivity index (χ4n) is 4.65. The highest BCUT2D eigenvalue weighted by Crippen LogP contribution is 2.39. The number of nitrogens with two attached hydrogens (primary N) is 2. The van der Waals surface area contributed by atoms with Gasteiger partial charge in [0.15, 0.2) is 5.69 Å². The number of primary amides is 1. The van der Waals surface area contributed by atoms with Crippen molar-refractivity contribution in [3.05, 3.63) is 63.1 Å². The molecule has 0 unspecified atom stereocenters. The molecule has 12 heteroatoms. The van der Waals surface area contributed by atoms with Crippen LogP contribution in [-0.2, 0) is 4.79 Å². The first-order valence-electron chi connectivity index (χ1n) is 12.3. The van der Waals surface area contributed by atoms with E-state index in [1.807, 2.05) is 6.92 Å². The van der Waals surface area contributed by atoms with Gasteiger partial charge in [-0.25, -0.2) is 0 Å². The number of hydrogen-bond acceptors (Lipinski definition) is 8. The van der Waals surface area contributed by atoms with Crippen LogP contribution in [0.4, 0.5) is 11.4 Å². The molecule has 0 bridgehead atoms. The van der Waals surface area contributed by atoms with Crippen LogP contribution in [0.3, 0.4) is 0 Å². The SMILES string of the molecule is COc1ccc(OC)c([C@@H](C(=O)NC2CCCC2)N(C(=O)c2snc(C(N)=O)c2N)c2ccc(C)c(Cl)c2)c1. The van der Waals surface area contributed by atoms with Crippen molar-refractivity contribution in [2.24, 2.45) is 5.73 Å². The molecule has 3 amide bonds. The summed E-state index contributed by atoms with van der Waals surface area (Å²) in [5.74, 6) is -1.11. The Morgan fingerprint density at radius 3 is 2.44 bits per heavy atom. The zero-order chi connectivity index (χ0) is 28.3. The van der Waals surface area contributed by atoms with Crippen LogP contribution in [0.2, 0.25) is 5.02 Å². The average Bonchev–Trinajstić information content (AvgIpc) is 3.57. The van der Waals surface area contributed by atoms with E-state index in [0.29, 0.717) is 27.8 Å². The number of hydrogen-bond donors (Lipinski definition) is 3. The molecule has 1 heterocycles. The number of aromatic nitrogens is 1. The van der Waals surface area contributed by atoms with Crippen molar-refractivity contribution in [2.45, 2.75) is 44.7 Å². The molecule has 3 aromatic rings. The summed E-state index contributed by atoms with van der Waals surface area (Å²) in [4.78, 5) is 41.5. The largest absolute Gasteiger partial charge is 0.497 e. The van der Waals surface area contributed by atoms with Crippen LogP contribution in [0.15, 0.2) is 36.4 Å². The number of amides is 3. The number of benzene rings is 2. The van der Waals surface area contributed by atoms with E-state index in [0.717, 1.165) is 42.8 Å². The number of carbonyl (C=O) groups excluding carboxylic acids is 3. The summed E-state index contributed by atoms with van der Waals surface area (Å²) >= 11 is 7.21. The Kier molecular flexibility index (Phi) is 8.61. The molecule has 10 nitrogen and oxygen atoms in total. The van der Waals surface area contributed by atoms with E-state index in [4.69, 9.17) is 32.5 Å². The van der Waals surface area contributed by atoms with Crippen molar-refractivity contribution >= 4 is 52.2 Å². The zero-order valence-corrected chi connectivity index (χ0v) is 23.4. The molecular formula is C27H30ClN5O5S. The van der Waals surface area contributed by atoms with E-state index in [9.17, 15) is 14.4 Å². The van der Waals surface area contributed by atoms with Crippen LogP contribution in [-0.4, -0.2) is 42.4 Å². The van der Waals surface area contributed by atoms with Gasteiger partial charge in [0, 0.05) is 22.3 Å². The lowest BCUT2D eigenvalue weighted by Crippen LogP contribution is -2.46. The van der Waals surface area contributed by atoms with Gasteiger partial charge in [-0.3, -0.25) is 19.3 Å². The lowest BCUT2D eigenvalue weighted by Gasteiger charge is -2.33. The van der Waals surface area contributed by atoms with Gasteiger partial charge in [0.2, 0.25) is 5.91 Å². The fraction of sp³-hybridized carbons (Fsp3) is 0.333. The topological polar surface area (TPSA) is 150 Å². The smallest absolute Gasteiger partial charge is 0.273 e. The predicted molar refractivity (Wildman–Crippen MR) is 151 cm³/mol. The Bertz CT molecular complexity index is 1410. The van der Waals surface area contributed by atoms with E-state index >= 15 is 0 Å². The minimum absolute atomic E-state index is 0.0369. The van der Waals surface area contributed by atoms with Crippen molar-refractivity contribution in [3.8, 4) is 11.5 Å². The molecule has 1 aromatic heterocycles. The maximum absolute atomic E-state index is 14.3. The maximum atomic E-state index is 14.3. The molecule has 1 saturated carbocycles. The van der Waals surface area contributed by atoms with Gasteiger partial charge in [0.05, 0.1) is 19.9 Å². The fourth-order valence-corrected chi connectivity index (χ4v) is 5.57. The van der Waals surface area contributed by atoms with Gasteiger partial charge in [-0.1, -0.05) is 30.5 Å². The summed E-state index contributed by atoms with van der Waals surface area (Å²) < 4.78 is 15.1. The molecule has 0 radical (unpaired) electrons. The second-order valence-electron chi connectivity index (χ2n) is 9.25. The first-order chi connectivity index (χ1) is 18.7. The monoisotopic (exact) mass is 571 g/mol. The number of nitrogen functional groups attached to an aromatic ring is 1. The lowest BCUT2D eigenvalue weighted by molar-refractivity contribution is -0.123. The van der Waals surface area contributed by atoms with Crippen molar-refractivity contribution < 1.29 is 23.9 Å². The van der Waals surface area contributed by atoms with E-state index in [2.05, 4.69) is 9.69 Å². The molecule has 1 aliphatic carbocycles. The number of aryl methyl sites for hydroxylation is 1. The number of anilines is 2. The number of ether oxygens (including phenoxy) is 2. The van der Waals surface area contributed by atoms with Gasteiger partial charge in [0.25, 0.3) is 11.8 Å². The first kappa shape index (κ1) is 28.2. The van der Waals surface area contributed by atoms with Gasteiger partial charge < -0.3 is 26.3 Å². The molecule has 1 fully saturated rings. The highest BCUT2D eigenvalue weighted by atomic mass is 35.5.